The number of nitrogens with one attached hydrogen (secondary N) is 2. The van der Waals surface area contributed by atoms with Gasteiger partial charge in [-0.15, -0.1) is 11.8 Å². The highest BCUT2D eigenvalue weighted by molar-refractivity contribution is 7.99. The van der Waals surface area contributed by atoms with Gasteiger partial charge in [-0.2, -0.15) is 13.2 Å². The number of anilines is 2. The maximum Gasteiger partial charge on any atom is 0.416 e. The quantitative estimate of drug-likeness (QED) is 0.475. The van der Waals surface area contributed by atoms with Crippen molar-refractivity contribution < 1.29 is 32.3 Å². The molecule has 0 bridgehead atoms. The topological polar surface area (TPSA) is 84.5 Å². The average molecular weight is 440 g/mol. The van der Waals surface area contributed by atoms with Crippen LogP contribution in [0.5, 0.6) is 0 Å². The van der Waals surface area contributed by atoms with Gasteiger partial charge in [0.2, 0.25) is 5.91 Å². The molecule has 10 heteroatoms. The van der Waals surface area contributed by atoms with Gasteiger partial charge in [0.25, 0.3) is 5.91 Å². The third kappa shape index (κ3) is 7.11. The molecule has 2 N–H and O–H groups in total. The van der Waals surface area contributed by atoms with E-state index in [1.54, 1.807) is 12.1 Å². The number of methoxy groups -OCH3 is 1. The van der Waals surface area contributed by atoms with E-state index in [0.717, 1.165) is 12.1 Å². The molecule has 0 aromatic heterocycles. The number of benzene rings is 2. The second kappa shape index (κ2) is 10.7. The molecule has 30 heavy (non-hydrogen) atoms. The Morgan fingerprint density at radius 3 is 2.47 bits per heavy atom. The molecule has 0 spiro atoms. The van der Waals surface area contributed by atoms with Crippen LogP contribution < -0.4 is 10.6 Å². The third-order valence-corrected chi connectivity index (χ3v) is 4.75. The number of ether oxygens (including phenoxy) is 1. The van der Waals surface area contributed by atoms with Gasteiger partial charge in [-0.25, -0.2) is 0 Å². The van der Waals surface area contributed by atoms with Crippen LogP contribution in [0.15, 0.2) is 48.5 Å². The van der Waals surface area contributed by atoms with E-state index in [-0.39, 0.29) is 35.0 Å². The van der Waals surface area contributed by atoms with E-state index >= 15 is 0 Å². The predicted octanol–water partition coefficient (Wildman–Crippen LogP) is 4.19. The van der Waals surface area contributed by atoms with E-state index in [2.05, 4.69) is 15.4 Å². The summed E-state index contributed by atoms with van der Waals surface area (Å²) in [7, 11) is 1.27. The number of carbonyl (C=O) groups is 3. The number of thioether (sulfide) groups is 1. The summed E-state index contributed by atoms with van der Waals surface area (Å²) in [6, 6.07) is 10.4. The van der Waals surface area contributed by atoms with Crippen LogP contribution in [-0.2, 0) is 20.5 Å². The fourth-order valence-electron chi connectivity index (χ4n) is 2.35. The predicted molar refractivity (Wildman–Crippen MR) is 108 cm³/mol. The molecule has 0 aliphatic rings. The molecular weight excluding hydrogens is 421 g/mol. The molecule has 0 heterocycles. The highest BCUT2D eigenvalue weighted by Crippen LogP contribution is 2.31. The van der Waals surface area contributed by atoms with Crippen molar-refractivity contribution in [2.75, 3.05) is 29.2 Å². The summed E-state index contributed by atoms with van der Waals surface area (Å²) in [4.78, 5) is 35.7. The Morgan fingerprint density at radius 1 is 1.03 bits per heavy atom. The smallest absolute Gasteiger partial charge is 0.416 e. The molecule has 160 valence electrons. The van der Waals surface area contributed by atoms with Crippen molar-refractivity contribution in [3.63, 3.8) is 0 Å². The van der Waals surface area contributed by atoms with Gasteiger partial charge in [0.15, 0.2) is 0 Å². The Hall–Kier alpha value is -3.01. The maximum atomic E-state index is 12.8. The molecule has 0 aliphatic heterocycles. The number of alkyl halides is 3. The van der Waals surface area contributed by atoms with Crippen molar-refractivity contribution >= 4 is 40.9 Å². The van der Waals surface area contributed by atoms with Crippen LogP contribution in [-0.4, -0.2) is 36.4 Å². The van der Waals surface area contributed by atoms with Gasteiger partial charge in [0, 0.05) is 17.9 Å². The lowest BCUT2D eigenvalue weighted by molar-refractivity contribution is -0.138. The van der Waals surface area contributed by atoms with E-state index in [0.29, 0.717) is 5.75 Å². The van der Waals surface area contributed by atoms with Gasteiger partial charge in [0.1, 0.15) is 0 Å². The fourth-order valence-corrected chi connectivity index (χ4v) is 3.11. The van der Waals surface area contributed by atoms with Crippen LogP contribution in [0, 0.1) is 0 Å². The highest BCUT2D eigenvalue weighted by Gasteiger charge is 2.30. The van der Waals surface area contributed by atoms with Crippen molar-refractivity contribution in [3.8, 4) is 0 Å². The Labute approximate surface area is 175 Å². The van der Waals surface area contributed by atoms with E-state index in [9.17, 15) is 27.6 Å². The molecular formula is C20H19F3N2O4S. The van der Waals surface area contributed by atoms with Crippen LogP contribution >= 0.6 is 11.8 Å². The lowest BCUT2D eigenvalue weighted by Gasteiger charge is -2.13. The highest BCUT2D eigenvalue weighted by atomic mass is 32.2. The summed E-state index contributed by atoms with van der Waals surface area (Å²) in [5.74, 6) is -0.923. The van der Waals surface area contributed by atoms with Gasteiger partial charge < -0.3 is 15.4 Å². The Balaban J connectivity index is 2.01. The number of hydrogen-bond donors (Lipinski definition) is 2. The van der Waals surface area contributed by atoms with Crippen molar-refractivity contribution in [1.29, 1.82) is 0 Å². The fraction of sp³-hybridized carbons (Fsp3) is 0.250. The molecule has 0 unspecified atom stereocenters. The molecule has 0 saturated carbocycles. The third-order valence-electron chi connectivity index (χ3n) is 3.81. The number of amides is 2. The standard InChI is InChI=1S/C20H19F3N2O4S/c1-29-18(27)12-30-10-9-17(26)25-16-8-3-2-7-15(16)19(28)24-14-6-4-5-13(11-14)20(21,22)23/h2-8,11H,9-10,12H2,1H3,(H,24,28)(H,25,26). The van der Waals surface area contributed by atoms with E-state index in [1.165, 1.54) is 43.1 Å². The summed E-state index contributed by atoms with van der Waals surface area (Å²) < 4.78 is 43.0. The van der Waals surface area contributed by atoms with Gasteiger partial charge >= 0.3 is 12.1 Å². The van der Waals surface area contributed by atoms with Gasteiger partial charge in [0.05, 0.1) is 29.7 Å². The zero-order valence-electron chi connectivity index (χ0n) is 15.9. The lowest BCUT2D eigenvalue weighted by atomic mass is 10.1. The molecule has 0 saturated heterocycles. The second-order valence-electron chi connectivity index (χ2n) is 6.01. The summed E-state index contributed by atoms with van der Waals surface area (Å²) in [6.45, 7) is 0. The molecule has 2 rings (SSSR count). The Bertz CT molecular complexity index is 919. The molecule has 0 atom stereocenters. The van der Waals surface area contributed by atoms with Crippen LogP contribution in [0.4, 0.5) is 24.5 Å². The molecule has 6 nitrogen and oxygen atoms in total. The maximum absolute atomic E-state index is 12.8. The number of esters is 1. The number of para-hydroxylation sites is 1. The first kappa shape index (κ1) is 23.3. The molecule has 2 aromatic carbocycles. The second-order valence-corrected chi connectivity index (χ2v) is 7.11. The summed E-state index contributed by atoms with van der Waals surface area (Å²) in [5, 5.41) is 5.02. The van der Waals surface area contributed by atoms with Crippen molar-refractivity contribution in [2.24, 2.45) is 0 Å². The molecule has 2 amide bonds. The zero-order valence-corrected chi connectivity index (χ0v) is 16.7. The first-order valence-corrected chi connectivity index (χ1v) is 9.88. The normalized spacial score (nSPS) is 10.9. The van der Waals surface area contributed by atoms with Crippen LogP contribution in [0.2, 0.25) is 0 Å². The minimum atomic E-state index is -4.53. The summed E-state index contributed by atoms with van der Waals surface area (Å²) in [6.07, 6.45) is -4.43. The first-order valence-electron chi connectivity index (χ1n) is 8.72. The number of rotatable bonds is 8. The van der Waals surface area contributed by atoms with E-state index in [1.807, 2.05) is 0 Å². The summed E-state index contributed by atoms with van der Waals surface area (Å²) in [5.41, 5.74) is -0.572. The number of carbonyl (C=O) groups excluding carboxylic acids is 3. The van der Waals surface area contributed by atoms with Crippen LogP contribution in [0.1, 0.15) is 22.3 Å². The van der Waals surface area contributed by atoms with Crippen molar-refractivity contribution in [1.82, 2.24) is 0 Å². The SMILES string of the molecule is COC(=O)CSCCC(=O)Nc1ccccc1C(=O)Nc1cccc(C(F)(F)F)c1. The van der Waals surface area contributed by atoms with Gasteiger partial charge in [-0.3, -0.25) is 14.4 Å². The van der Waals surface area contributed by atoms with Gasteiger partial charge in [-0.05, 0) is 30.3 Å². The van der Waals surface area contributed by atoms with E-state index < -0.39 is 23.6 Å². The molecule has 0 aliphatic carbocycles. The molecule has 0 radical (unpaired) electrons. The van der Waals surface area contributed by atoms with Crippen molar-refractivity contribution in [3.05, 3.63) is 59.7 Å². The molecule has 0 fully saturated rings. The number of hydrogen-bond acceptors (Lipinski definition) is 5. The lowest BCUT2D eigenvalue weighted by Crippen LogP contribution is -2.19. The largest absolute Gasteiger partial charge is 0.468 e. The first-order chi connectivity index (χ1) is 14.2. The Kier molecular flexibility index (Phi) is 8.28. The summed E-state index contributed by atoms with van der Waals surface area (Å²) >= 11 is 1.23. The van der Waals surface area contributed by atoms with Crippen LogP contribution in [0.3, 0.4) is 0 Å². The van der Waals surface area contributed by atoms with Gasteiger partial charge in [-0.1, -0.05) is 18.2 Å². The zero-order chi connectivity index (χ0) is 22.1. The van der Waals surface area contributed by atoms with E-state index in [4.69, 9.17) is 0 Å². The van der Waals surface area contributed by atoms with Crippen molar-refractivity contribution in [2.45, 2.75) is 12.6 Å². The minimum absolute atomic E-state index is 0.0184. The molecule has 2 aromatic rings. The minimum Gasteiger partial charge on any atom is -0.468 e. The Morgan fingerprint density at radius 2 is 1.77 bits per heavy atom. The average Bonchev–Trinajstić information content (AvgIpc) is 2.71. The van der Waals surface area contributed by atoms with Crippen LogP contribution in [0.25, 0.3) is 0 Å². The monoisotopic (exact) mass is 440 g/mol. The number of halogens is 3.